The van der Waals surface area contributed by atoms with Gasteiger partial charge in [-0.15, -0.1) is 0 Å². The summed E-state index contributed by atoms with van der Waals surface area (Å²) in [5.41, 5.74) is 5.15. The summed E-state index contributed by atoms with van der Waals surface area (Å²) in [7, 11) is 0. The highest BCUT2D eigenvalue weighted by Gasteiger charge is 2.39. The van der Waals surface area contributed by atoms with E-state index in [1.807, 2.05) is 21.9 Å². The molecule has 0 saturated heterocycles. The molecule has 3 aliphatic rings. The third-order valence-corrected chi connectivity index (χ3v) is 6.95. The molecule has 2 aliphatic heterocycles. The molecule has 1 aliphatic carbocycles. The van der Waals surface area contributed by atoms with Crippen LogP contribution < -0.4 is 0 Å². The Hall–Kier alpha value is -2.88. The highest BCUT2D eigenvalue weighted by Crippen LogP contribution is 2.32. The van der Waals surface area contributed by atoms with Crippen molar-refractivity contribution in [2.45, 2.75) is 38.8 Å². The van der Waals surface area contributed by atoms with Crippen LogP contribution in [-0.4, -0.2) is 34.7 Å². The van der Waals surface area contributed by atoms with Crippen LogP contribution >= 0.6 is 0 Å². The van der Waals surface area contributed by atoms with Crippen LogP contribution in [0.3, 0.4) is 0 Å². The number of amides is 2. The predicted molar refractivity (Wildman–Crippen MR) is 116 cm³/mol. The molecule has 5 rings (SSSR count). The minimum atomic E-state index is -0.245. The van der Waals surface area contributed by atoms with Gasteiger partial charge in [0.15, 0.2) is 0 Å². The molecule has 4 nitrogen and oxygen atoms in total. The number of nitrogens with zero attached hydrogens (tertiary/aromatic N) is 2. The molecule has 0 bridgehead atoms. The standard InChI is InChI=1S/C26H28N2O2/c29-25(27-15-13-19-7-1-3-9-21(19)17-27)23-11-5-6-12-24(23)26(30)28-16-14-20-8-2-4-10-22(20)18-28/h1-10,23-24H,11-18H2. The fourth-order valence-corrected chi connectivity index (χ4v) is 5.20. The van der Waals surface area contributed by atoms with Crippen molar-refractivity contribution in [3.8, 4) is 0 Å². The summed E-state index contributed by atoms with van der Waals surface area (Å²) in [5.74, 6) is -0.205. The van der Waals surface area contributed by atoms with Crippen molar-refractivity contribution in [2.75, 3.05) is 13.1 Å². The molecule has 2 aromatic rings. The number of allylic oxidation sites excluding steroid dienone is 2. The van der Waals surface area contributed by atoms with Crippen LogP contribution in [-0.2, 0) is 35.5 Å². The number of hydrogen-bond donors (Lipinski definition) is 0. The summed E-state index contributed by atoms with van der Waals surface area (Å²) in [6, 6.07) is 16.7. The van der Waals surface area contributed by atoms with Crippen molar-refractivity contribution in [1.82, 2.24) is 9.80 Å². The van der Waals surface area contributed by atoms with Crippen LogP contribution in [0.15, 0.2) is 60.7 Å². The van der Waals surface area contributed by atoms with Gasteiger partial charge in [0.1, 0.15) is 0 Å². The second kappa shape index (κ2) is 8.10. The van der Waals surface area contributed by atoms with Crippen molar-refractivity contribution in [3.05, 3.63) is 82.9 Å². The van der Waals surface area contributed by atoms with Gasteiger partial charge in [-0.3, -0.25) is 9.59 Å². The Kier molecular flexibility index (Phi) is 5.16. The third-order valence-electron chi connectivity index (χ3n) is 6.95. The van der Waals surface area contributed by atoms with E-state index in [2.05, 4.69) is 48.6 Å². The van der Waals surface area contributed by atoms with E-state index in [-0.39, 0.29) is 23.7 Å². The molecule has 2 atom stereocenters. The molecule has 0 fully saturated rings. The van der Waals surface area contributed by atoms with Gasteiger partial charge in [-0.1, -0.05) is 60.7 Å². The maximum absolute atomic E-state index is 13.5. The first-order chi connectivity index (χ1) is 14.7. The molecule has 2 heterocycles. The van der Waals surface area contributed by atoms with Crippen LogP contribution in [0, 0.1) is 11.8 Å². The second-order valence-corrected chi connectivity index (χ2v) is 8.71. The van der Waals surface area contributed by atoms with Crippen molar-refractivity contribution in [3.63, 3.8) is 0 Å². The average molecular weight is 401 g/mol. The maximum atomic E-state index is 13.5. The van der Waals surface area contributed by atoms with Gasteiger partial charge >= 0.3 is 0 Å². The molecule has 2 unspecified atom stereocenters. The lowest BCUT2D eigenvalue weighted by Crippen LogP contribution is -2.48. The molecule has 154 valence electrons. The predicted octanol–water partition coefficient (Wildman–Crippen LogP) is 3.74. The summed E-state index contributed by atoms with van der Waals surface area (Å²) in [6.45, 7) is 2.81. The van der Waals surface area contributed by atoms with Crippen molar-refractivity contribution in [2.24, 2.45) is 11.8 Å². The third kappa shape index (κ3) is 3.55. The van der Waals surface area contributed by atoms with Crippen LogP contribution in [0.4, 0.5) is 0 Å². The summed E-state index contributed by atoms with van der Waals surface area (Å²) in [6.07, 6.45) is 7.28. The molecule has 0 saturated carbocycles. The Morgan fingerprint density at radius 2 is 1.03 bits per heavy atom. The second-order valence-electron chi connectivity index (χ2n) is 8.71. The van der Waals surface area contributed by atoms with E-state index in [0.717, 1.165) is 25.9 Å². The van der Waals surface area contributed by atoms with E-state index < -0.39 is 0 Å². The Bertz CT molecular complexity index is 917. The summed E-state index contributed by atoms with van der Waals surface area (Å²) < 4.78 is 0. The van der Waals surface area contributed by atoms with Crippen molar-refractivity contribution in [1.29, 1.82) is 0 Å². The zero-order chi connectivity index (χ0) is 20.5. The van der Waals surface area contributed by atoms with Crippen LogP contribution in [0.5, 0.6) is 0 Å². The zero-order valence-corrected chi connectivity index (χ0v) is 17.3. The SMILES string of the molecule is O=C(C1CC=CCC1C(=O)N1CCc2ccccc2C1)N1CCc2ccccc2C1. The number of benzene rings is 2. The van der Waals surface area contributed by atoms with Crippen molar-refractivity contribution >= 4 is 11.8 Å². The van der Waals surface area contributed by atoms with E-state index in [9.17, 15) is 9.59 Å². The molecule has 30 heavy (non-hydrogen) atoms. The van der Waals surface area contributed by atoms with Gasteiger partial charge < -0.3 is 9.80 Å². The Morgan fingerprint density at radius 3 is 1.47 bits per heavy atom. The smallest absolute Gasteiger partial charge is 0.227 e. The van der Waals surface area contributed by atoms with Gasteiger partial charge in [-0.05, 0) is 47.9 Å². The lowest BCUT2D eigenvalue weighted by atomic mass is 9.80. The summed E-state index contributed by atoms with van der Waals surface area (Å²) in [5, 5.41) is 0. The van der Waals surface area contributed by atoms with Gasteiger partial charge in [0, 0.05) is 26.2 Å². The highest BCUT2D eigenvalue weighted by molar-refractivity contribution is 5.88. The molecule has 0 aromatic heterocycles. The topological polar surface area (TPSA) is 40.6 Å². The quantitative estimate of drug-likeness (QED) is 0.721. The summed E-state index contributed by atoms with van der Waals surface area (Å²) >= 11 is 0. The van der Waals surface area contributed by atoms with Gasteiger partial charge in [-0.2, -0.15) is 0 Å². The zero-order valence-electron chi connectivity index (χ0n) is 17.3. The fourth-order valence-electron chi connectivity index (χ4n) is 5.20. The van der Waals surface area contributed by atoms with E-state index in [0.29, 0.717) is 25.9 Å². The first-order valence-electron chi connectivity index (χ1n) is 11.1. The Balaban J connectivity index is 1.32. The number of fused-ring (bicyclic) bond motifs is 2. The molecular formula is C26H28N2O2. The van der Waals surface area contributed by atoms with E-state index >= 15 is 0 Å². The van der Waals surface area contributed by atoms with E-state index in [1.165, 1.54) is 22.3 Å². The fraction of sp³-hybridized carbons (Fsp3) is 0.385. The monoisotopic (exact) mass is 400 g/mol. The van der Waals surface area contributed by atoms with E-state index in [4.69, 9.17) is 0 Å². The number of carbonyl (C=O) groups excluding carboxylic acids is 2. The minimum Gasteiger partial charge on any atom is -0.338 e. The van der Waals surface area contributed by atoms with Crippen LogP contribution in [0.25, 0.3) is 0 Å². The highest BCUT2D eigenvalue weighted by atomic mass is 16.2. The molecule has 0 radical (unpaired) electrons. The average Bonchev–Trinajstić information content (AvgIpc) is 2.82. The lowest BCUT2D eigenvalue weighted by Gasteiger charge is -2.38. The number of carbonyl (C=O) groups is 2. The molecule has 2 aromatic carbocycles. The largest absolute Gasteiger partial charge is 0.338 e. The molecule has 2 amide bonds. The van der Waals surface area contributed by atoms with Crippen molar-refractivity contribution < 1.29 is 9.59 Å². The molecule has 4 heteroatoms. The normalized spacial score (nSPS) is 22.9. The summed E-state index contributed by atoms with van der Waals surface area (Å²) in [4.78, 5) is 30.9. The molecular weight excluding hydrogens is 372 g/mol. The van der Waals surface area contributed by atoms with Gasteiger partial charge in [0.2, 0.25) is 11.8 Å². The Morgan fingerprint density at radius 1 is 0.633 bits per heavy atom. The first kappa shape index (κ1) is 19.1. The van der Waals surface area contributed by atoms with Crippen LogP contribution in [0.1, 0.15) is 35.1 Å². The number of hydrogen-bond acceptors (Lipinski definition) is 2. The maximum Gasteiger partial charge on any atom is 0.227 e. The number of rotatable bonds is 2. The van der Waals surface area contributed by atoms with E-state index in [1.54, 1.807) is 0 Å². The minimum absolute atomic E-state index is 0.143. The lowest BCUT2D eigenvalue weighted by molar-refractivity contribution is -0.147. The van der Waals surface area contributed by atoms with Gasteiger partial charge in [0.25, 0.3) is 0 Å². The first-order valence-corrected chi connectivity index (χ1v) is 11.1. The Labute approximate surface area is 178 Å². The molecule has 0 spiro atoms. The molecule has 0 N–H and O–H groups in total. The van der Waals surface area contributed by atoms with Gasteiger partial charge in [-0.25, -0.2) is 0 Å². The van der Waals surface area contributed by atoms with Crippen LogP contribution in [0.2, 0.25) is 0 Å². The van der Waals surface area contributed by atoms with Gasteiger partial charge in [0.05, 0.1) is 11.8 Å².